The van der Waals surface area contributed by atoms with Gasteiger partial charge in [-0.25, -0.2) is 0 Å². The number of aliphatic carboxylic acids is 1. The lowest BCUT2D eigenvalue weighted by Crippen LogP contribution is -2.19. The molecule has 0 unspecified atom stereocenters. The fraction of sp³-hybridized carbons (Fsp3) is 0.222. The Labute approximate surface area is 153 Å². The van der Waals surface area contributed by atoms with Crippen LogP contribution in [0.15, 0.2) is 35.1 Å². The van der Waals surface area contributed by atoms with E-state index in [1.54, 1.807) is 32.0 Å². The molecule has 130 valence electrons. The second kappa shape index (κ2) is 6.02. The highest BCUT2D eigenvalue weighted by Crippen LogP contribution is 2.32. The maximum atomic E-state index is 12.8. The Kier molecular flexibility index (Phi) is 4.27. The number of rotatable bonds is 3. The zero-order valence-electron chi connectivity index (χ0n) is 13.5. The molecular weight excluding hydrogens is 365 g/mol. The van der Waals surface area contributed by atoms with Crippen LogP contribution in [0.25, 0.3) is 21.8 Å². The van der Waals surface area contributed by atoms with E-state index in [4.69, 9.17) is 23.2 Å². The van der Waals surface area contributed by atoms with E-state index in [9.17, 15) is 19.8 Å². The minimum absolute atomic E-state index is 0.119. The molecular formula is C18H15Cl2NO4. The van der Waals surface area contributed by atoms with Crippen LogP contribution in [-0.2, 0) is 16.9 Å². The molecule has 7 heteroatoms. The first-order valence-electron chi connectivity index (χ1n) is 7.50. The van der Waals surface area contributed by atoms with E-state index in [1.807, 2.05) is 0 Å². The highest BCUT2D eigenvalue weighted by atomic mass is 35.5. The van der Waals surface area contributed by atoms with Gasteiger partial charge in [-0.3, -0.25) is 9.59 Å². The van der Waals surface area contributed by atoms with Crippen LogP contribution in [0.1, 0.15) is 19.4 Å². The maximum Gasteiger partial charge on any atom is 0.323 e. The first-order valence-corrected chi connectivity index (χ1v) is 8.26. The maximum absolute atomic E-state index is 12.8. The van der Waals surface area contributed by atoms with E-state index in [1.165, 1.54) is 16.7 Å². The van der Waals surface area contributed by atoms with Crippen LogP contribution in [0.2, 0.25) is 10.0 Å². The van der Waals surface area contributed by atoms with E-state index < -0.39 is 18.1 Å². The summed E-state index contributed by atoms with van der Waals surface area (Å²) in [6, 6.07) is 7.89. The number of aliphatic hydroxyl groups is 1. The van der Waals surface area contributed by atoms with Crippen LogP contribution in [0, 0.1) is 0 Å². The van der Waals surface area contributed by atoms with Gasteiger partial charge in [0.1, 0.15) is 6.54 Å². The average Bonchev–Trinajstić information content (AvgIpc) is 2.52. The molecule has 0 aliphatic heterocycles. The summed E-state index contributed by atoms with van der Waals surface area (Å²) in [5.74, 6) is -1.09. The molecule has 3 aromatic rings. The van der Waals surface area contributed by atoms with Gasteiger partial charge in [0.2, 0.25) is 0 Å². The molecule has 1 aromatic heterocycles. The topological polar surface area (TPSA) is 79.5 Å². The van der Waals surface area contributed by atoms with Gasteiger partial charge in [-0.2, -0.15) is 0 Å². The molecule has 2 aromatic carbocycles. The smallest absolute Gasteiger partial charge is 0.323 e. The second-order valence-corrected chi connectivity index (χ2v) is 7.14. The van der Waals surface area contributed by atoms with Crippen LogP contribution >= 0.6 is 23.2 Å². The molecule has 0 saturated carbocycles. The fourth-order valence-electron chi connectivity index (χ4n) is 2.88. The number of fused-ring (bicyclic) bond motifs is 2. The summed E-state index contributed by atoms with van der Waals surface area (Å²) in [6.45, 7) is 2.82. The molecule has 0 aliphatic carbocycles. The van der Waals surface area contributed by atoms with Crippen LogP contribution < -0.4 is 5.43 Å². The van der Waals surface area contributed by atoms with Crippen molar-refractivity contribution in [2.75, 3.05) is 0 Å². The predicted octanol–water partition coefficient (Wildman–Crippen LogP) is 3.77. The second-order valence-electron chi connectivity index (χ2n) is 6.36. The standard InChI is InChI=1S/C18H15Cl2NO4/c1-18(2,25)9-3-4-10-13(7-9)21(8-14(22)23)16-11(17(10)24)5-6-12(19)15(16)20/h3-7,25H,8H2,1-2H3,(H,22,23). The van der Waals surface area contributed by atoms with E-state index in [2.05, 4.69) is 0 Å². The third-order valence-electron chi connectivity index (χ3n) is 4.12. The first-order chi connectivity index (χ1) is 11.6. The average molecular weight is 380 g/mol. The third-order valence-corrected chi connectivity index (χ3v) is 4.91. The van der Waals surface area contributed by atoms with Gasteiger partial charge in [-0.15, -0.1) is 0 Å². The summed E-state index contributed by atoms with van der Waals surface area (Å²) in [7, 11) is 0. The Balaban J connectivity index is 2.58. The summed E-state index contributed by atoms with van der Waals surface area (Å²) in [5.41, 5.74) is -0.222. The molecule has 0 fully saturated rings. The Morgan fingerprint density at radius 3 is 2.40 bits per heavy atom. The molecule has 5 nitrogen and oxygen atoms in total. The number of hydrogen-bond donors (Lipinski definition) is 2. The third kappa shape index (κ3) is 2.99. The zero-order chi connectivity index (χ0) is 18.5. The first kappa shape index (κ1) is 17.7. The lowest BCUT2D eigenvalue weighted by atomic mass is 9.96. The highest BCUT2D eigenvalue weighted by Gasteiger charge is 2.21. The fourth-order valence-corrected chi connectivity index (χ4v) is 3.30. The Hall–Kier alpha value is -2.08. The molecule has 0 amide bonds. The van der Waals surface area contributed by atoms with E-state index >= 15 is 0 Å². The normalized spacial score (nSPS) is 12.0. The molecule has 25 heavy (non-hydrogen) atoms. The van der Waals surface area contributed by atoms with Crippen molar-refractivity contribution in [3.05, 3.63) is 56.2 Å². The van der Waals surface area contributed by atoms with Crippen LogP contribution in [0.3, 0.4) is 0 Å². The van der Waals surface area contributed by atoms with Crippen molar-refractivity contribution in [1.29, 1.82) is 0 Å². The number of benzene rings is 2. The number of pyridine rings is 1. The number of halogens is 2. The number of aromatic nitrogens is 1. The van der Waals surface area contributed by atoms with E-state index in [0.29, 0.717) is 21.9 Å². The Morgan fingerprint density at radius 2 is 1.80 bits per heavy atom. The molecule has 2 N–H and O–H groups in total. The van der Waals surface area contributed by atoms with Crippen molar-refractivity contribution in [3.63, 3.8) is 0 Å². The van der Waals surface area contributed by atoms with E-state index in [0.717, 1.165) is 0 Å². The monoisotopic (exact) mass is 379 g/mol. The van der Waals surface area contributed by atoms with Crippen molar-refractivity contribution in [2.45, 2.75) is 26.0 Å². The SMILES string of the molecule is CC(C)(O)c1ccc2c(=O)c3ccc(Cl)c(Cl)c3n(CC(=O)O)c2c1. The van der Waals surface area contributed by atoms with Gasteiger partial charge in [0.15, 0.2) is 5.43 Å². The molecule has 0 spiro atoms. The summed E-state index contributed by atoms with van der Waals surface area (Å²) >= 11 is 12.4. The minimum atomic E-state index is -1.15. The van der Waals surface area contributed by atoms with Gasteiger partial charge in [-0.05, 0) is 43.7 Å². The van der Waals surface area contributed by atoms with Crippen molar-refractivity contribution in [2.24, 2.45) is 0 Å². The summed E-state index contributed by atoms with van der Waals surface area (Å²) in [5, 5.41) is 20.6. The van der Waals surface area contributed by atoms with Crippen molar-refractivity contribution in [1.82, 2.24) is 4.57 Å². The van der Waals surface area contributed by atoms with Crippen molar-refractivity contribution < 1.29 is 15.0 Å². The summed E-state index contributed by atoms with van der Waals surface area (Å²) < 4.78 is 1.44. The van der Waals surface area contributed by atoms with Crippen LogP contribution in [0.5, 0.6) is 0 Å². The number of carbonyl (C=O) groups is 1. The van der Waals surface area contributed by atoms with Crippen molar-refractivity contribution in [3.8, 4) is 0 Å². The molecule has 0 saturated heterocycles. The molecule has 0 radical (unpaired) electrons. The molecule has 3 rings (SSSR count). The molecule has 0 bridgehead atoms. The van der Waals surface area contributed by atoms with Crippen LogP contribution in [-0.4, -0.2) is 20.7 Å². The highest BCUT2D eigenvalue weighted by molar-refractivity contribution is 6.45. The molecule has 1 heterocycles. The van der Waals surface area contributed by atoms with Crippen molar-refractivity contribution >= 4 is 51.0 Å². The molecule has 0 aliphatic rings. The van der Waals surface area contributed by atoms with Gasteiger partial charge >= 0.3 is 5.97 Å². The molecule has 0 atom stereocenters. The van der Waals surface area contributed by atoms with Gasteiger partial charge in [-0.1, -0.05) is 29.3 Å². The number of carboxylic acid groups (broad SMARTS) is 1. The quantitative estimate of drug-likeness (QED) is 0.678. The number of hydrogen-bond acceptors (Lipinski definition) is 3. The van der Waals surface area contributed by atoms with Gasteiger partial charge in [0.25, 0.3) is 0 Å². The number of carboxylic acids is 1. The summed E-state index contributed by atoms with van der Waals surface area (Å²) in [6.07, 6.45) is 0. The van der Waals surface area contributed by atoms with Gasteiger partial charge in [0.05, 0.1) is 26.7 Å². The van der Waals surface area contributed by atoms with Gasteiger partial charge < -0.3 is 14.8 Å². The zero-order valence-corrected chi connectivity index (χ0v) is 15.0. The van der Waals surface area contributed by atoms with Crippen LogP contribution in [0.4, 0.5) is 0 Å². The lowest BCUT2D eigenvalue weighted by Gasteiger charge is -2.20. The summed E-state index contributed by atoms with van der Waals surface area (Å²) in [4.78, 5) is 24.2. The predicted molar refractivity (Wildman–Crippen MR) is 98.6 cm³/mol. The Morgan fingerprint density at radius 1 is 1.16 bits per heavy atom. The minimum Gasteiger partial charge on any atom is -0.480 e. The van der Waals surface area contributed by atoms with E-state index in [-0.39, 0.29) is 21.0 Å². The van der Waals surface area contributed by atoms with Gasteiger partial charge in [0, 0.05) is 10.8 Å². The Bertz CT molecular complexity index is 1080. The lowest BCUT2D eigenvalue weighted by molar-refractivity contribution is -0.137. The number of nitrogens with zero attached hydrogens (tertiary/aromatic N) is 1. The largest absolute Gasteiger partial charge is 0.480 e.